The summed E-state index contributed by atoms with van der Waals surface area (Å²) in [5.74, 6) is 1.03. The average Bonchev–Trinajstić information content (AvgIpc) is 3.00. The van der Waals surface area contributed by atoms with E-state index in [2.05, 4.69) is 13.8 Å². The minimum atomic E-state index is -0.355. The summed E-state index contributed by atoms with van der Waals surface area (Å²) in [7, 11) is 1.41. The smallest absolute Gasteiger partial charge is 0.338 e. The van der Waals surface area contributed by atoms with Crippen molar-refractivity contribution in [2.75, 3.05) is 20.3 Å². The third kappa shape index (κ3) is 22.8. The van der Waals surface area contributed by atoms with E-state index in [0.29, 0.717) is 30.3 Å². The summed E-state index contributed by atoms with van der Waals surface area (Å²) in [6, 6.07) is 5.45. The fourth-order valence-electron chi connectivity index (χ4n) is 5.59. The van der Waals surface area contributed by atoms with Crippen LogP contribution in [-0.2, 0) is 4.74 Å². The van der Waals surface area contributed by atoms with Crippen molar-refractivity contribution >= 4 is 5.97 Å². The lowest BCUT2D eigenvalue weighted by molar-refractivity contribution is 0.0599. The number of benzene rings is 1. The first-order valence-corrected chi connectivity index (χ1v) is 18.2. The van der Waals surface area contributed by atoms with Crippen molar-refractivity contribution in [1.82, 2.24) is 0 Å². The maximum absolute atomic E-state index is 12.2. The van der Waals surface area contributed by atoms with Gasteiger partial charge in [0, 0.05) is 6.07 Å². The van der Waals surface area contributed by atoms with Crippen molar-refractivity contribution in [2.24, 2.45) is 0 Å². The molecule has 0 aliphatic heterocycles. The third-order valence-corrected chi connectivity index (χ3v) is 8.33. The predicted octanol–water partition coefficient (Wildman–Crippen LogP) is 12.4. The van der Waals surface area contributed by atoms with Crippen molar-refractivity contribution in [3.63, 3.8) is 0 Å². The number of hydrogen-bond donors (Lipinski definition) is 0. The lowest BCUT2D eigenvalue weighted by Gasteiger charge is -2.12. The first kappa shape index (κ1) is 38.3. The molecule has 42 heavy (non-hydrogen) atoms. The number of carbonyl (C=O) groups is 1. The van der Waals surface area contributed by atoms with Gasteiger partial charge in [-0.1, -0.05) is 168 Å². The van der Waals surface area contributed by atoms with Gasteiger partial charge in [-0.25, -0.2) is 4.79 Å². The van der Waals surface area contributed by atoms with E-state index in [1.807, 2.05) is 6.07 Å². The molecule has 244 valence electrons. The molecule has 0 saturated heterocycles. The zero-order valence-corrected chi connectivity index (χ0v) is 28.2. The van der Waals surface area contributed by atoms with Gasteiger partial charge in [0.2, 0.25) is 0 Å². The van der Waals surface area contributed by atoms with Crippen LogP contribution in [-0.4, -0.2) is 26.3 Å². The van der Waals surface area contributed by atoms with Crippen molar-refractivity contribution in [3.8, 4) is 11.5 Å². The van der Waals surface area contributed by atoms with Crippen LogP contribution < -0.4 is 9.47 Å². The number of rotatable bonds is 31. The molecule has 0 amide bonds. The van der Waals surface area contributed by atoms with E-state index in [1.165, 1.54) is 161 Å². The summed E-state index contributed by atoms with van der Waals surface area (Å²) >= 11 is 0. The highest BCUT2D eigenvalue weighted by atomic mass is 16.5. The fraction of sp³-hybridized carbons (Fsp3) is 0.816. The Kier molecular flexibility index (Phi) is 26.8. The molecule has 0 spiro atoms. The van der Waals surface area contributed by atoms with Gasteiger partial charge in [0.1, 0.15) is 11.5 Å². The molecule has 0 aliphatic rings. The third-order valence-electron chi connectivity index (χ3n) is 8.33. The van der Waals surface area contributed by atoms with Gasteiger partial charge in [-0.3, -0.25) is 0 Å². The number of esters is 1. The fourth-order valence-corrected chi connectivity index (χ4v) is 5.59. The topological polar surface area (TPSA) is 44.8 Å². The van der Waals surface area contributed by atoms with Crippen LogP contribution in [0.4, 0.5) is 0 Å². The van der Waals surface area contributed by atoms with Gasteiger partial charge >= 0.3 is 5.97 Å². The van der Waals surface area contributed by atoms with Crippen LogP contribution >= 0.6 is 0 Å². The molecular formula is C38H68O4. The molecule has 4 heteroatoms. The number of ether oxygens (including phenoxy) is 3. The Morgan fingerprint density at radius 3 is 1.02 bits per heavy atom. The monoisotopic (exact) mass is 589 g/mol. The van der Waals surface area contributed by atoms with E-state index in [4.69, 9.17) is 14.2 Å². The van der Waals surface area contributed by atoms with Crippen LogP contribution in [0.15, 0.2) is 18.2 Å². The largest absolute Gasteiger partial charge is 0.493 e. The SMILES string of the molecule is CCCCCCCCCCCCCCCCCCOc1cc(OCCCCCCCCCCCC)cc(C(=O)OC)c1. The molecule has 1 rings (SSSR count). The van der Waals surface area contributed by atoms with E-state index in [1.54, 1.807) is 12.1 Å². The second kappa shape index (κ2) is 29.4. The Morgan fingerprint density at radius 1 is 0.452 bits per heavy atom. The van der Waals surface area contributed by atoms with Gasteiger partial charge in [0.25, 0.3) is 0 Å². The molecule has 0 aliphatic carbocycles. The number of carbonyl (C=O) groups excluding carboxylic acids is 1. The quantitative estimate of drug-likeness (QED) is 0.0639. The average molecular weight is 589 g/mol. The molecule has 0 N–H and O–H groups in total. The lowest BCUT2D eigenvalue weighted by atomic mass is 10.0. The van der Waals surface area contributed by atoms with E-state index in [-0.39, 0.29) is 5.97 Å². The van der Waals surface area contributed by atoms with E-state index in [0.717, 1.165) is 12.8 Å². The Morgan fingerprint density at radius 2 is 0.738 bits per heavy atom. The second-order valence-electron chi connectivity index (χ2n) is 12.4. The molecule has 0 radical (unpaired) electrons. The van der Waals surface area contributed by atoms with Crippen LogP contribution in [0.5, 0.6) is 11.5 Å². The molecule has 0 unspecified atom stereocenters. The standard InChI is InChI=1S/C38H68O4/c1-4-6-8-10-12-14-16-17-18-19-20-21-23-25-27-29-31-42-37-33-35(38(39)40-3)32-36(34-37)41-30-28-26-24-22-15-13-11-9-7-5-2/h32-34H,4-31H2,1-3H3. The van der Waals surface area contributed by atoms with Gasteiger partial charge in [-0.2, -0.15) is 0 Å². The van der Waals surface area contributed by atoms with Gasteiger partial charge < -0.3 is 14.2 Å². The molecule has 0 saturated carbocycles. The Bertz CT molecular complexity index is 732. The highest BCUT2D eigenvalue weighted by Gasteiger charge is 2.11. The zero-order chi connectivity index (χ0) is 30.4. The summed E-state index contributed by atoms with van der Waals surface area (Å²) in [6.45, 7) is 5.89. The zero-order valence-electron chi connectivity index (χ0n) is 28.2. The summed E-state index contributed by atoms with van der Waals surface area (Å²) in [5, 5.41) is 0. The predicted molar refractivity (Wildman–Crippen MR) is 180 cm³/mol. The lowest BCUT2D eigenvalue weighted by Crippen LogP contribution is -2.05. The molecular weight excluding hydrogens is 520 g/mol. The van der Waals surface area contributed by atoms with Crippen molar-refractivity contribution < 1.29 is 19.0 Å². The molecule has 0 fully saturated rings. The minimum Gasteiger partial charge on any atom is -0.493 e. The van der Waals surface area contributed by atoms with Crippen LogP contribution in [0.2, 0.25) is 0 Å². The molecule has 0 heterocycles. The van der Waals surface area contributed by atoms with Gasteiger partial charge in [-0.15, -0.1) is 0 Å². The number of methoxy groups -OCH3 is 1. The normalized spacial score (nSPS) is 11.1. The number of hydrogen-bond acceptors (Lipinski definition) is 4. The maximum atomic E-state index is 12.2. The highest BCUT2D eigenvalue weighted by Crippen LogP contribution is 2.25. The highest BCUT2D eigenvalue weighted by molar-refractivity contribution is 5.90. The van der Waals surface area contributed by atoms with Crippen molar-refractivity contribution in [3.05, 3.63) is 23.8 Å². The Balaban J connectivity index is 2.11. The summed E-state index contributed by atoms with van der Waals surface area (Å²) in [4.78, 5) is 12.2. The maximum Gasteiger partial charge on any atom is 0.338 e. The molecule has 0 atom stereocenters. The van der Waals surface area contributed by atoms with Crippen LogP contribution in [0, 0.1) is 0 Å². The second-order valence-corrected chi connectivity index (χ2v) is 12.4. The summed E-state index contributed by atoms with van der Waals surface area (Å²) in [6.07, 6.45) is 34.8. The van der Waals surface area contributed by atoms with E-state index >= 15 is 0 Å². The Hall–Kier alpha value is -1.71. The number of unbranched alkanes of at least 4 members (excludes halogenated alkanes) is 24. The van der Waals surface area contributed by atoms with Gasteiger partial charge in [0.05, 0.1) is 25.9 Å². The summed E-state index contributed by atoms with van der Waals surface area (Å²) < 4.78 is 17.0. The van der Waals surface area contributed by atoms with Gasteiger partial charge in [0.15, 0.2) is 0 Å². The van der Waals surface area contributed by atoms with E-state index < -0.39 is 0 Å². The molecule has 1 aromatic carbocycles. The van der Waals surface area contributed by atoms with Crippen LogP contribution in [0.25, 0.3) is 0 Å². The first-order chi connectivity index (χ1) is 20.7. The van der Waals surface area contributed by atoms with Crippen LogP contribution in [0.1, 0.15) is 191 Å². The Labute approximate surface area is 261 Å². The van der Waals surface area contributed by atoms with Gasteiger partial charge in [-0.05, 0) is 25.0 Å². The molecule has 0 aromatic heterocycles. The summed E-state index contributed by atoms with van der Waals surface area (Å²) in [5.41, 5.74) is 0.486. The minimum absolute atomic E-state index is 0.355. The first-order valence-electron chi connectivity index (χ1n) is 18.2. The van der Waals surface area contributed by atoms with E-state index in [9.17, 15) is 4.79 Å². The molecule has 4 nitrogen and oxygen atoms in total. The molecule has 1 aromatic rings. The molecule has 0 bridgehead atoms. The van der Waals surface area contributed by atoms with Crippen molar-refractivity contribution in [2.45, 2.75) is 181 Å². The van der Waals surface area contributed by atoms with Crippen LogP contribution in [0.3, 0.4) is 0 Å². The van der Waals surface area contributed by atoms with Crippen molar-refractivity contribution in [1.29, 1.82) is 0 Å².